The molecule has 0 saturated heterocycles. The van der Waals surface area contributed by atoms with E-state index in [4.69, 9.17) is 4.74 Å². The standard InChI is InChI=1S/C23H31F4NO2/c1-16(2)14-28-21(29)12-17(3)10-8-6-4-5-7-9-11-30-15-18-22(26)19(24)13-20(25)23(18)27/h8,10,12-13,16H,4-7,9,11,14-15H2,1-3H3,(H,28,29). The third kappa shape index (κ3) is 10.1. The number of nitrogens with one attached hydrogen (secondary N) is 1. The molecule has 1 aromatic carbocycles. The van der Waals surface area contributed by atoms with E-state index in [1.54, 1.807) is 6.08 Å². The molecule has 30 heavy (non-hydrogen) atoms. The second-order valence-electron chi connectivity index (χ2n) is 7.63. The summed E-state index contributed by atoms with van der Waals surface area (Å²) in [7, 11) is 0. The summed E-state index contributed by atoms with van der Waals surface area (Å²) in [6.07, 6.45) is 9.83. The molecule has 0 unspecified atom stereocenters. The highest BCUT2D eigenvalue weighted by molar-refractivity contribution is 5.88. The van der Waals surface area contributed by atoms with Crippen molar-refractivity contribution in [2.45, 2.75) is 59.5 Å². The molecular formula is C23H31F4NO2. The molecule has 0 fully saturated rings. The van der Waals surface area contributed by atoms with Gasteiger partial charge in [-0.15, -0.1) is 0 Å². The number of amides is 1. The molecule has 0 aliphatic rings. The monoisotopic (exact) mass is 429 g/mol. The van der Waals surface area contributed by atoms with Crippen molar-refractivity contribution in [3.8, 4) is 0 Å². The van der Waals surface area contributed by atoms with E-state index in [0.29, 0.717) is 18.9 Å². The maximum absolute atomic E-state index is 13.5. The molecule has 0 heterocycles. The zero-order valence-corrected chi connectivity index (χ0v) is 17.9. The largest absolute Gasteiger partial charge is 0.377 e. The minimum atomic E-state index is -1.43. The van der Waals surface area contributed by atoms with Gasteiger partial charge in [0.15, 0.2) is 23.3 Å². The average Bonchev–Trinajstić information content (AvgIpc) is 2.68. The Kier molecular flexibility index (Phi) is 12.0. The van der Waals surface area contributed by atoms with Gasteiger partial charge in [0.05, 0.1) is 12.2 Å². The Balaban J connectivity index is 2.15. The molecule has 3 nitrogen and oxygen atoms in total. The molecule has 1 N–H and O–H groups in total. The van der Waals surface area contributed by atoms with Gasteiger partial charge in [0, 0.05) is 25.3 Å². The number of rotatable bonds is 13. The van der Waals surface area contributed by atoms with Gasteiger partial charge in [0.2, 0.25) is 5.91 Å². The Morgan fingerprint density at radius 2 is 1.70 bits per heavy atom. The number of ether oxygens (including phenoxy) is 1. The van der Waals surface area contributed by atoms with Crippen molar-refractivity contribution in [1.82, 2.24) is 5.32 Å². The van der Waals surface area contributed by atoms with Crippen molar-refractivity contribution in [1.29, 1.82) is 0 Å². The van der Waals surface area contributed by atoms with Crippen molar-refractivity contribution >= 4 is 5.91 Å². The molecule has 0 radical (unpaired) electrons. The normalized spacial score (nSPS) is 12.2. The van der Waals surface area contributed by atoms with Crippen LogP contribution in [0.5, 0.6) is 0 Å². The first-order valence-electron chi connectivity index (χ1n) is 10.2. The Morgan fingerprint density at radius 1 is 1.07 bits per heavy atom. The fraction of sp³-hybridized carbons (Fsp3) is 0.522. The van der Waals surface area contributed by atoms with Crippen LogP contribution < -0.4 is 5.32 Å². The van der Waals surface area contributed by atoms with Crippen molar-refractivity contribution in [3.05, 3.63) is 58.7 Å². The van der Waals surface area contributed by atoms with Crippen molar-refractivity contribution in [2.75, 3.05) is 13.2 Å². The van der Waals surface area contributed by atoms with Crippen LogP contribution in [0, 0.1) is 29.2 Å². The van der Waals surface area contributed by atoms with E-state index >= 15 is 0 Å². The van der Waals surface area contributed by atoms with Gasteiger partial charge in [-0.05, 0) is 37.7 Å². The second-order valence-corrected chi connectivity index (χ2v) is 7.63. The van der Waals surface area contributed by atoms with Crippen molar-refractivity contribution < 1.29 is 27.1 Å². The second kappa shape index (κ2) is 14.0. The number of unbranched alkanes of at least 4 members (excludes halogenated alkanes) is 4. The molecule has 0 aliphatic heterocycles. The van der Waals surface area contributed by atoms with Crippen LogP contribution in [0.4, 0.5) is 17.6 Å². The lowest BCUT2D eigenvalue weighted by Crippen LogP contribution is -2.25. The van der Waals surface area contributed by atoms with Crippen molar-refractivity contribution in [2.24, 2.45) is 5.92 Å². The third-order valence-corrected chi connectivity index (χ3v) is 4.28. The fourth-order valence-electron chi connectivity index (χ4n) is 2.62. The van der Waals surface area contributed by atoms with E-state index in [1.807, 2.05) is 32.9 Å². The van der Waals surface area contributed by atoms with Gasteiger partial charge in [0.25, 0.3) is 0 Å². The van der Waals surface area contributed by atoms with Gasteiger partial charge < -0.3 is 10.1 Å². The summed E-state index contributed by atoms with van der Waals surface area (Å²) in [6.45, 7) is 6.34. The van der Waals surface area contributed by atoms with Crippen molar-refractivity contribution in [3.63, 3.8) is 0 Å². The number of hydrogen-bond acceptors (Lipinski definition) is 2. The molecule has 0 saturated carbocycles. The number of benzene rings is 1. The topological polar surface area (TPSA) is 38.3 Å². The summed E-state index contributed by atoms with van der Waals surface area (Å²) in [6, 6.07) is 0.182. The Morgan fingerprint density at radius 3 is 2.33 bits per heavy atom. The van der Waals surface area contributed by atoms with Crippen LogP contribution in [0.15, 0.2) is 29.9 Å². The molecule has 0 spiro atoms. The lowest BCUT2D eigenvalue weighted by Gasteiger charge is -2.08. The molecule has 1 aromatic rings. The Labute approximate surface area is 176 Å². The molecule has 7 heteroatoms. The average molecular weight is 429 g/mol. The van der Waals surface area contributed by atoms with Crippen LogP contribution in [0.1, 0.15) is 58.4 Å². The zero-order chi connectivity index (χ0) is 22.5. The van der Waals surface area contributed by atoms with Crippen LogP contribution in [0.25, 0.3) is 0 Å². The minimum absolute atomic E-state index is 0.0911. The maximum atomic E-state index is 13.5. The molecule has 1 amide bonds. The van der Waals surface area contributed by atoms with Crippen LogP contribution in [0.3, 0.4) is 0 Å². The van der Waals surface area contributed by atoms with E-state index in [2.05, 4.69) is 5.32 Å². The first-order chi connectivity index (χ1) is 14.2. The number of halogens is 4. The molecule has 0 aromatic heterocycles. The molecule has 0 bridgehead atoms. The Hall–Kier alpha value is -2.15. The lowest BCUT2D eigenvalue weighted by molar-refractivity contribution is -0.116. The first-order valence-corrected chi connectivity index (χ1v) is 10.2. The molecule has 0 atom stereocenters. The van der Waals surface area contributed by atoms with E-state index in [-0.39, 0.29) is 18.6 Å². The summed E-state index contributed by atoms with van der Waals surface area (Å²) < 4.78 is 58.4. The summed E-state index contributed by atoms with van der Waals surface area (Å²) >= 11 is 0. The summed E-state index contributed by atoms with van der Waals surface area (Å²) in [4.78, 5) is 11.7. The van der Waals surface area contributed by atoms with Crippen LogP contribution in [-0.2, 0) is 16.1 Å². The van der Waals surface area contributed by atoms with Crippen LogP contribution >= 0.6 is 0 Å². The molecule has 0 aliphatic carbocycles. The number of carbonyl (C=O) groups is 1. The number of allylic oxidation sites excluding steroid dienone is 3. The third-order valence-electron chi connectivity index (χ3n) is 4.28. The summed E-state index contributed by atoms with van der Waals surface area (Å²) in [5, 5.41) is 2.83. The van der Waals surface area contributed by atoms with Gasteiger partial charge in [0.1, 0.15) is 0 Å². The van der Waals surface area contributed by atoms with Crippen LogP contribution in [-0.4, -0.2) is 19.1 Å². The van der Waals surface area contributed by atoms with Gasteiger partial charge in [-0.3, -0.25) is 4.79 Å². The van der Waals surface area contributed by atoms with Crippen LogP contribution in [0.2, 0.25) is 0 Å². The highest BCUT2D eigenvalue weighted by Gasteiger charge is 2.18. The van der Waals surface area contributed by atoms with Gasteiger partial charge in [-0.25, -0.2) is 17.6 Å². The quantitative estimate of drug-likeness (QED) is 0.138. The van der Waals surface area contributed by atoms with E-state index < -0.39 is 35.4 Å². The van der Waals surface area contributed by atoms with E-state index in [9.17, 15) is 22.4 Å². The summed E-state index contributed by atoms with van der Waals surface area (Å²) in [5.41, 5.74) is 0.164. The highest BCUT2D eigenvalue weighted by Crippen LogP contribution is 2.20. The maximum Gasteiger partial charge on any atom is 0.244 e. The fourth-order valence-corrected chi connectivity index (χ4v) is 2.62. The SMILES string of the molecule is CC(C=CCCCCCCOCc1c(F)c(F)cc(F)c1F)=CC(=O)NCC(C)C. The predicted octanol–water partition coefficient (Wildman–Crippen LogP) is 5.98. The number of hydrogen-bond donors (Lipinski definition) is 1. The molecule has 168 valence electrons. The van der Waals surface area contributed by atoms with E-state index in [1.165, 1.54) is 0 Å². The van der Waals surface area contributed by atoms with Gasteiger partial charge >= 0.3 is 0 Å². The number of carbonyl (C=O) groups excluding carboxylic acids is 1. The lowest BCUT2D eigenvalue weighted by atomic mass is 10.1. The van der Waals surface area contributed by atoms with E-state index in [0.717, 1.165) is 31.3 Å². The first kappa shape index (κ1) is 25.9. The molecule has 1 rings (SSSR count). The van der Waals surface area contributed by atoms with Gasteiger partial charge in [-0.2, -0.15) is 0 Å². The zero-order valence-electron chi connectivity index (χ0n) is 17.9. The summed E-state index contributed by atoms with van der Waals surface area (Å²) in [5.74, 6) is -5.37. The highest BCUT2D eigenvalue weighted by atomic mass is 19.2. The minimum Gasteiger partial charge on any atom is -0.377 e. The predicted molar refractivity (Wildman–Crippen MR) is 110 cm³/mol. The smallest absolute Gasteiger partial charge is 0.244 e. The Bertz CT molecular complexity index is 719. The molecular weight excluding hydrogens is 398 g/mol. The van der Waals surface area contributed by atoms with Gasteiger partial charge in [-0.1, -0.05) is 38.8 Å².